The lowest BCUT2D eigenvalue weighted by molar-refractivity contribution is -0.118. The van der Waals surface area contributed by atoms with Crippen LogP contribution in [0, 0.1) is 0 Å². The Hall–Kier alpha value is -2.04. The van der Waals surface area contributed by atoms with Gasteiger partial charge in [-0.3, -0.25) is 9.59 Å². The van der Waals surface area contributed by atoms with Gasteiger partial charge in [0, 0.05) is 29.4 Å². The van der Waals surface area contributed by atoms with E-state index in [2.05, 4.69) is 5.32 Å². The second kappa shape index (κ2) is 6.83. The van der Waals surface area contributed by atoms with Gasteiger partial charge >= 0.3 is 0 Å². The van der Waals surface area contributed by atoms with Crippen LogP contribution in [0.5, 0.6) is 0 Å². The summed E-state index contributed by atoms with van der Waals surface area (Å²) >= 11 is 11.9. The number of nitrogens with zero attached hydrogens (tertiary/aromatic N) is 1. The zero-order chi connectivity index (χ0) is 17.3. The van der Waals surface area contributed by atoms with E-state index in [1.165, 1.54) is 6.07 Å². The van der Waals surface area contributed by atoms with Gasteiger partial charge in [0.25, 0.3) is 5.91 Å². The maximum absolute atomic E-state index is 12.4. The number of hydrogen-bond acceptors (Lipinski definition) is 2. The maximum Gasteiger partial charge on any atom is 0.257 e. The van der Waals surface area contributed by atoms with E-state index in [4.69, 9.17) is 23.2 Å². The quantitative estimate of drug-likeness (QED) is 0.870. The molecule has 1 aliphatic heterocycles. The highest BCUT2D eigenvalue weighted by Crippen LogP contribution is 2.30. The molecular formula is C18H16Cl2N2O2. The van der Waals surface area contributed by atoms with Gasteiger partial charge < -0.3 is 10.2 Å². The van der Waals surface area contributed by atoms with Crippen LogP contribution in [0.3, 0.4) is 0 Å². The van der Waals surface area contributed by atoms with Crippen molar-refractivity contribution >= 4 is 46.4 Å². The third-order valence-corrected chi connectivity index (χ3v) is 4.58. The van der Waals surface area contributed by atoms with Crippen molar-refractivity contribution in [3.05, 3.63) is 57.6 Å². The minimum absolute atomic E-state index is 0.134. The lowest BCUT2D eigenvalue weighted by Gasteiger charge is -2.28. The molecule has 0 unspecified atom stereocenters. The predicted octanol–water partition coefficient (Wildman–Crippen LogP) is 4.54. The van der Waals surface area contributed by atoms with E-state index in [0.29, 0.717) is 40.7 Å². The van der Waals surface area contributed by atoms with Gasteiger partial charge in [0.05, 0.1) is 10.6 Å². The first-order valence-electron chi connectivity index (χ1n) is 7.69. The van der Waals surface area contributed by atoms with E-state index in [1.807, 2.05) is 19.1 Å². The molecular weight excluding hydrogens is 347 g/mol. The van der Waals surface area contributed by atoms with Crippen molar-refractivity contribution in [1.82, 2.24) is 0 Å². The van der Waals surface area contributed by atoms with Gasteiger partial charge in [-0.05, 0) is 55.3 Å². The number of halogens is 2. The van der Waals surface area contributed by atoms with Crippen molar-refractivity contribution < 1.29 is 9.59 Å². The number of benzene rings is 2. The summed E-state index contributed by atoms with van der Waals surface area (Å²) in [6.07, 6.45) is 1.16. The minimum atomic E-state index is -0.296. The standard InChI is InChI=1S/C18H16Cl2N2O2/c1-2-22-16-7-5-13(9-11(16)3-8-17(22)23)21-18(24)14-6-4-12(19)10-15(14)20/h4-7,9-10H,2-3,8H2,1H3,(H,21,24). The number of fused-ring (bicyclic) bond motifs is 1. The van der Waals surface area contributed by atoms with Crippen molar-refractivity contribution in [2.45, 2.75) is 19.8 Å². The van der Waals surface area contributed by atoms with Gasteiger partial charge in [-0.2, -0.15) is 0 Å². The Morgan fingerprint density at radius 2 is 1.96 bits per heavy atom. The Morgan fingerprint density at radius 3 is 2.67 bits per heavy atom. The number of hydrogen-bond donors (Lipinski definition) is 1. The highest BCUT2D eigenvalue weighted by molar-refractivity contribution is 6.37. The largest absolute Gasteiger partial charge is 0.322 e. The fraction of sp³-hybridized carbons (Fsp3) is 0.222. The third kappa shape index (κ3) is 3.25. The second-order valence-electron chi connectivity index (χ2n) is 5.56. The van der Waals surface area contributed by atoms with Crippen LogP contribution in [0.1, 0.15) is 29.3 Å². The Labute approximate surface area is 150 Å². The highest BCUT2D eigenvalue weighted by Gasteiger charge is 2.23. The predicted molar refractivity (Wildman–Crippen MR) is 97.2 cm³/mol. The van der Waals surface area contributed by atoms with Crippen LogP contribution >= 0.6 is 23.2 Å². The van der Waals surface area contributed by atoms with Gasteiger partial charge in [0.1, 0.15) is 0 Å². The first-order chi connectivity index (χ1) is 11.5. The maximum atomic E-state index is 12.4. The van der Waals surface area contributed by atoms with Gasteiger partial charge in [0.15, 0.2) is 0 Å². The fourth-order valence-electron chi connectivity index (χ4n) is 2.86. The molecule has 2 amide bonds. The van der Waals surface area contributed by atoms with E-state index in [-0.39, 0.29) is 11.8 Å². The minimum Gasteiger partial charge on any atom is -0.322 e. The zero-order valence-electron chi connectivity index (χ0n) is 13.1. The van der Waals surface area contributed by atoms with Crippen molar-refractivity contribution in [3.8, 4) is 0 Å². The molecule has 1 aliphatic rings. The molecule has 6 heteroatoms. The van der Waals surface area contributed by atoms with E-state index < -0.39 is 0 Å². The van der Waals surface area contributed by atoms with E-state index >= 15 is 0 Å². The Kier molecular flexibility index (Phi) is 4.78. The van der Waals surface area contributed by atoms with Crippen molar-refractivity contribution in [2.75, 3.05) is 16.8 Å². The Balaban J connectivity index is 1.84. The molecule has 0 radical (unpaired) electrons. The lowest BCUT2D eigenvalue weighted by Crippen LogP contribution is -2.34. The molecule has 0 bridgehead atoms. The summed E-state index contributed by atoms with van der Waals surface area (Å²) in [5, 5.41) is 3.63. The van der Waals surface area contributed by atoms with Gasteiger partial charge in [-0.1, -0.05) is 23.2 Å². The topological polar surface area (TPSA) is 49.4 Å². The van der Waals surface area contributed by atoms with Crippen LogP contribution in [0.15, 0.2) is 36.4 Å². The molecule has 0 saturated carbocycles. The van der Waals surface area contributed by atoms with Crippen molar-refractivity contribution in [2.24, 2.45) is 0 Å². The summed E-state index contributed by atoms with van der Waals surface area (Å²) in [6.45, 7) is 2.59. The van der Waals surface area contributed by atoms with Gasteiger partial charge in [-0.25, -0.2) is 0 Å². The van der Waals surface area contributed by atoms with Crippen molar-refractivity contribution in [3.63, 3.8) is 0 Å². The highest BCUT2D eigenvalue weighted by atomic mass is 35.5. The summed E-state index contributed by atoms with van der Waals surface area (Å²) in [5.41, 5.74) is 3.01. The summed E-state index contributed by atoms with van der Waals surface area (Å²) in [7, 11) is 0. The van der Waals surface area contributed by atoms with Crippen LogP contribution in [-0.2, 0) is 11.2 Å². The number of rotatable bonds is 3. The second-order valence-corrected chi connectivity index (χ2v) is 6.40. The summed E-state index contributed by atoms with van der Waals surface area (Å²) < 4.78 is 0. The molecule has 0 fully saturated rings. The number of carbonyl (C=O) groups is 2. The van der Waals surface area contributed by atoms with Crippen LogP contribution in [0.25, 0.3) is 0 Å². The first kappa shape index (κ1) is 16.8. The lowest BCUT2D eigenvalue weighted by atomic mass is 10.0. The van der Waals surface area contributed by atoms with E-state index in [9.17, 15) is 9.59 Å². The fourth-order valence-corrected chi connectivity index (χ4v) is 3.35. The van der Waals surface area contributed by atoms with E-state index in [1.54, 1.807) is 23.1 Å². The van der Waals surface area contributed by atoms with Crippen LogP contribution in [-0.4, -0.2) is 18.4 Å². The van der Waals surface area contributed by atoms with Crippen LogP contribution < -0.4 is 10.2 Å². The number of anilines is 2. The molecule has 0 aromatic heterocycles. The Morgan fingerprint density at radius 1 is 1.17 bits per heavy atom. The summed E-state index contributed by atoms with van der Waals surface area (Å²) in [4.78, 5) is 26.1. The molecule has 0 aliphatic carbocycles. The molecule has 124 valence electrons. The van der Waals surface area contributed by atoms with Gasteiger partial charge in [0.2, 0.25) is 5.91 Å². The molecule has 2 aromatic carbocycles. The molecule has 0 spiro atoms. The van der Waals surface area contributed by atoms with Crippen LogP contribution in [0.2, 0.25) is 10.0 Å². The zero-order valence-corrected chi connectivity index (χ0v) is 14.6. The van der Waals surface area contributed by atoms with Crippen LogP contribution in [0.4, 0.5) is 11.4 Å². The molecule has 3 rings (SSSR count). The van der Waals surface area contributed by atoms with Crippen molar-refractivity contribution in [1.29, 1.82) is 0 Å². The molecule has 2 aromatic rings. The SMILES string of the molecule is CCN1C(=O)CCc2cc(NC(=O)c3ccc(Cl)cc3Cl)ccc21. The number of nitrogens with one attached hydrogen (secondary N) is 1. The monoisotopic (exact) mass is 362 g/mol. The molecule has 4 nitrogen and oxygen atoms in total. The molecule has 0 saturated heterocycles. The number of carbonyl (C=O) groups excluding carboxylic acids is 2. The molecule has 0 atom stereocenters. The average Bonchev–Trinajstić information content (AvgIpc) is 2.54. The molecule has 1 N–H and O–H groups in total. The Bertz CT molecular complexity index is 821. The smallest absolute Gasteiger partial charge is 0.257 e. The first-order valence-corrected chi connectivity index (χ1v) is 8.45. The third-order valence-electron chi connectivity index (χ3n) is 4.03. The van der Waals surface area contributed by atoms with Gasteiger partial charge in [-0.15, -0.1) is 0 Å². The number of amides is 2. The number of aryl methyl sites for hydroxylation is 1. The summed E-state index contributed by atoms with van der Waals surface area (Å²) in [5.74, 6) is -0.161. The normalized spacial score (nSPS) is 13.6. The summed E-state index contributed by atoms with van der Waals surface area (Å²) in [6, 6.07) is 10.3. The average molecular weight is 363 g/mol. The van der Waals surface area contributed by atoms with E-state index in [0.717, 1.165) is 11.3 Å². The molecule has 24 heavy (non-hydrogen) atoms. The molecule has 1 heterocycles.